The number of carbonyl (C=O) groups is 1. The van der Waals surface area contributed by atoms with Gasteiger partial charge in [-0.25, -0.2) is 0 Å². The van der Waals surface area contributed by atoms with Crippen LogP contribution in [0.3, 0.4) is 0 Å². The van der Waals surface area contributed by atoms with Crippen LogP contribution in [-0.2, 0) is 10.2 Å². The summed E-state index contributed by atoms with van der Waals surface area (Å²) >= 11 is 12.2. The highest BCUT2D eigenvalue weighted by atomic mass is 35.5. The second-order valence-electron chi connectivity index (χ2n) is 6.42. The summed E-state index contributed by atoms with van der Waals surface area (Å²) in [5.41, 5.74) is 0.648. The highest BCUT2D eigenvalue weighted by Gasteiger charge is 2.48. The Kier molecular flexibility index (Phi) is 4.67. The average Bonchev–Trinajstić information content (AvgIpc) is 2.49. The Bertz CT molecular complexity index is 564. The molecule has 0 radical (unpaired) electrons. The minimum atomic E-state index is -0.374. The number of nitrogens with one attached hydrogen (secondary N) is 1. The van der Waals surface area contributed by atoms with Crippen LogP contribution in [0.1, 0.15) is 37.7 Å². The number of piperidine rings is 1. The Balaban J connectivity index is 1.80. The van der Waals surface area contributed by atoms with Gasteiger partial charge < -0.3 is 10.2 Å². The number of nitrogens with zero attached hydrogens (tertiary/aromatic N) is 1. The van der Waals surface area contributed by atoms with E-state index in [-0.39, 0.29) is 11.3 Å². The van der Waals surface area contributed by atoms with E-state index in [0.717, 1.165) is 50.8 Å². The largest absolute Gasteiger partial charge is 0.342 e. The number of benzene rings is 1. The fraction of sp³-hybridized carbons (Fsp3) is 0.588. The van der Waals surface area contributed by atoms with E-state index in [1.54, 1.807) is 6.07 Å². The zero-order chi connectivity index (χ0) is 15.7. The van der Waals surface area contributed by atoms with Gasteiger partial charge in [0.1, 0.15) is 0 Å². The standard InChI is InChI=1S/C17H22Cl2N2O/c1-20-13-5-9-21(10-6-13)16(22)17(7-2-8-17)12-3-4-14(18)15(19)11-12/h3-4,11,13,20H,2,5-10H2,1H3. The van der Waals surface area contributed by atoms with Gasteiger partial charge in [-0.15, -0.1) is 0 Å². The molecule has 0 bridgehead atoms. The molecule has 0 spiro atoms. The molecular weight excluding hydrogens is 319 g/mol. The smallest absolute Gasteiger partial charge is 0.233 e. The van der Waals surface area contributed by atoms with Crippen molar-refractivity contribution in [3.63, 3.8) is 0 Å². The van der Waals surface area contributed by atoms with Gasteiger partial charge in [-0.05, 0) is 50.4 Å². The summed E-state index contributed by atoms with van der Waals surface area (Å²) in [6, 6.07) is 6.18. The number of carbonyl (C=O) groups excluding carboxylic acids is 1. The van der Waals surface area contributed by atoms with E-state index in [1.807, 2.05) is 24.1 Å². The molecular formula is C17H22Cl2N2O. The Morgan fingerprint density at radius 2 is 1.91 bits per heavy atom. The third kappa shape index (κ3) is 2.75. The first-order valence-electron chi connectivity index (χ1n) is 7.99. The monoisotopic (exact) mass is 340 g/mol. The van der Waals surface area contributed by atoms with Crippen LogP contribution in [0.5, 0.6) is 0 Å². The Morgan fingerprint density at radius 1 is 1.23 bits per heavy atom. The summed E-state index contributed by atoms with van der Waals surface area (Å²) in [4.78, 5) is 15.2. The molecule has 3 rings (SSSR count). The molecule has 1 saturated carbocycles. The van der Waals surface area contributed by atoms with Crippen LogP contribution in [0.15, 0.2) is 18.2 Å². The van der Waals surface area contributed by atoms with Gasteiger partial charge in [0.25, 0.3) is 0 Å². The van der Waals surface area contributed by atoms with Crippen molar-refractivity contribution in [2.75, 3.05) is 20.1 Å². The lowest BCUT2D eigenvalue weighted by atomic mass is 9.63. The summed E-state index contributed by atoms with van der Waals surface area (Å²) in [6.07, 6.45) is 4.98. The summed E-state index contributed by atoms with van der Waals surface area (Å²) in [5, 5.41) is 4.38. The van der Waals surface area contributed by atoms with Crippen molar-refractivity contribution in [1.29, 1.82) is 0 Å². The van der Waals surface area contributed by atoms with E-state index in [1.165, 1.54) is 0 Å². The first kappa shape index (κ1) is 16.1. The van der Waals surface area contributed by atoms with E-state index in [4.69, 9.17) is 23.2 Å². The second-order valence-corrected chi connectivity index (χ2v) is 7.23. The van der Waals surface area contributed by atoms with Gasteiger partial charge >= 0.3 is 0 Å². The number of rotatable bonds is 3. The zero-order valence-corrected chi connectivity index (χ0v) is 14.4. The summed E-state index contributed by atoms with van der Waals surface area (Å²) < 4.78 is 0. The van der Waals surface area contributed by atoms with Gasteiger partial charge in [0, 0.05) is 19.1 Å². The first-order chi connectivity index (χ1) is 10.6. The molecule has 2 aliphatic rings. The van der Waals surface area contributed by atoms with E-state index >= 15 is 0 Å². The van der Waals surface area contributed by atoms with E-state index in [2.05, 4.69) is 5.32 Å². The SMILES string of the molecule is CNC1CCN(C(=O)C2(c3ccc(Cl)c(Cl)c3)CCC2)CC1. The molecule has 2 fully saturated rings. The van der Waals surface area contributed by atoms with Crippen molar-refractivity contribution in [1.82, 2.24) is 10.2 Å². The van der Waals surface area contributed by atoms with Crippen molar-refractivity contribution >= 4 is 29.1 Å². The maximum atomic E-state index is 13.1. The summed E-state index contributed by atoms with van der Waals surface area (Å²) in [5.74, 6) is 0.270. The molecule has 1 aliphatic carbocycles. The molecule has 1 amide bonds. The second kappa shape index (κ2) is 6.38. The van der Waals surface area contributed by atoms with Gasteiger partial charge in [-0.3, -0.25) is 4.79 Å². The fourth-order valence-corrected chi connectivity index (χ4v) is 3.92. The van der Waals surface area contributed by atoms with Crippen LogP contribution in [0.4, 0.5) is 0 Å². The molecule has 22 heavy (non-hydrogen) atoms. The first-order valence-corrected chi connectivity index (χ1v) is 8.74. The minimum Gasteiger partial charge on any atom is -0.342 e. The third-order valence-corrected chi connectivity index (χ3v) is 6.02. The van der Waals surface area contributed by atoms with Gasteiger partial charge in [-0.2, -0.15) is 0 Å². The van der Waals surface area contributed by atoms with E-state index in [0.29, 0.717) is 16.1 Å². The van der Waals surface area contributed by atoms with Crippen molar-refractivity contribution in [3.05, 3.63) is 33.8 Å². The van der Waals surface area contributed by atoms with E-state index in [9.17, 15) is 4.79 Å². The van der Waals surface area contributed by atoms with Crippen molar-refractivity contribution in [2.24, 2.45) is 0 Å². The number of likely N-dealkylation sites (tertiary alicyclic amines) is 1. The predicted octanol–water partition coefficient (Wildman–Crippen LogP) is 3.63. The minimum absolute atomic E-state index is 0.270. The quantitative estimate of drug-likeness (QED) is 0.911. The number of hydrogen-bond acceptors (Lipinski definition) is 2. The van der Waals surface area contributed by atoms with Crippen molar-refractivity contribution in [3.8, 4) is 0 Å². The molecule has 1 aromatic rings. The highest BCUT2D eigenvalue weighted by molar-refractivity contribution is 6.42. The highest BCUT2D eigenvalue weighted by Crippen LogP contribution is 2.46. The molecule has 0 atom stereocenters. The lowest BCUT2D eigenvalue weighted by Crippen LogP contribution is -2.54. The molecule has 120 valence electrons. The molecule has 1 N–H and O–H groups in total. The molecule has 1 aromatic carbocycles. The number of halogens is 2. The van der Waals surface area contributed by atoms with E-state index < -0.39 is 0 Å². The van der Waals surface area contributed by atoms with Crippen LogP contribution >= 0.6 is 23.2 Å². The summed E-state index contributed by atoms with van der Waals surface area (Å²) in [7, 11) is 1.99. The van der Waals surface area contributed by atoms with Crippen LogP contribution in [0, 0.1) is 0 Å². The van der Waals surface area contributed by atoms with Crippen molar-refractivity contribution < 1.29 is 4.79 Å². The molecule has 1 heterocycles. The maximum absolute atomic E-state index is 13.1. The molecule has 0 unspecified atom stereocenters. The van der Waals surface area contributed by atoms with Gasteiger partial charge in [0.05, 0.1) is 15.5 Å². The topological polar surface area (TPSA) is 32.3 Å². The van der Waals surface area contributed by atoms with Gasteiger partial charge in [0.2, 0.25) is 5.91 Å². The number of hydrogen-bond donors (Lipinski definition) is 1. The fourth-order valence-electron chi connectivity index (χ4n) is 3.62. The molecule has 5 heteroatoms. The van der Waals surface area contributed by atoms with Gasteiger partial charge in [-0.1, -0.05) is 35.7 Å². The van der Waals surface area contributed by atoms with Crippen LogP contribution in [0.2, 0.25) is 10.0 Å². The van der Waals surface area contributed by atoms with Gasteiger partial charge in [0.15, 0.2) is 0 Å². The Labute approximate surface area is 142 Å². The molecule has 1 aliphatic heterocycles. The lowest BCUT2D eigenvalue weighted by Gasteiger charge is -2.45. The molecule has 0 aromatic heterocycles. The maximum Gasteiger partial charge on any atom is 0.233 e. The Hall–Kier alpha value is -0.770. The predicted molar refractivity (Wildman–Crippen MR) is 90.7 cm³/mol. The normalized spacial score (nSPS) is 21.5. The molecule has 3 nitrogen and oxygen atoms in total. The van der Waals surface area contributed by atoms with Crippen LogP contribution in [0.25, 0.3) is 0 Å². The lowest BCUT2D eigenvalue weighted by molar-refractivity contribution is -0.142. The third-order valence-electron chi connectivity index (χ3n) is 5.28. The average molecular weight is 341 g/mol. The Morgan fingerprint density at radius 3 is 2.41 bits per heavy atom. The zero-order valence-electron chi connectivity index (χ0n) is 12.9. The van der Waals surface area contributed by atoms with Crippen LogP contribution in [-0.4, -0.2) is 37.0 Å². The van der Waals surface area contributed by atoms with Crippen molar-refractivity contribution in [2.45, 2.75) is 43.6 Å². The number of amides is 1. The van der Waals surface area contributed by atoms with Crippen LogP contribution < -0.4 is 5.32 Å². The summed E-state index contributed by atoms with van der Waals surface area (Å²) in [6.45, 7) is 1.68. The molecule has 1 saturated heterocycles.